The van der Waals surface area contributed by atoms with Crippen LogP contribution < -0.4 is 14.8 Å². The van der Waals surface area contributed by atoms with Gasteiger partial charge in [-0.1, -0.05) is 25.0 Å². The van der Waals surface area contributed by atoms with Crippen molar-refractivity contribution in [2.75, 3.05) is 40.5 Å². The maximum Gasteiger partial charge on any atom is 0.255 e. The Morgan fingerprint density at radius 1 is 1.00 bits per heavy atom. The topological polar surface area (TPSA) is 94.2 Å². The fourth-order valence-electron chi connectivity index (χ4n) is 3.72. The Bertz CT molecular complexity index is 1030. The molecule has 1 amide bonds. The summed E-state index contributed by atoms with van der Waals surface area (Å²) in [5, 5.41) is 2.85. The maximum absolute atomic E-state index is 13.2. The Labute approximate surface area is 195 Å². The Hall–Kier alpha value is -2.62. The minimum Gasteiger partial charge on any atom is -0.496 e. The lowest BCUT2D eigenvalue weighted by atomic mass is 10.1. The van der Waals surface area contributed by atoms with Gasteiger partial charge in [0, 0.05) is 26.7 Å². The van der Waals surface area contributed by atoms with Gasteiger partial charge in [-0.25, -0.2) is 8.42 Å². The Balaban J connectivity index is 1.74. The highest BCUT2D eigenvalue weighted by molar-refractivity contribution is 7.89. The monoisotopic (exact) mass is 476 g/mol. The number of ether oxygens (including phenoxy) is 3. The molecule has 0 aliphatic carbocycles. The first kappa shape index (κ1) is 25.0. The first-order valence-corrected chi connectivity index (χ1v) is 12.6. The van der Waals surface area contributed by atoms with Gasteiger partial charge >= 0.3 is 0 Å². The van der Waals surface area contributed by atoms with Gasteiger partial charge < -0.3 is 19.5 Å². The highest BCUT2D eigenvalue weighted by Crippen LogP contribution is 2.26. The summed E-state index contributed by atoms with van der Waals surface area (Å²) in [6, 6.07) is 11.8. The molecule has 1 fully saturated rings. The Morgan fingerprint density at radius 3 is 2.45 bits per heavy atom. The summed E-state index contributed by atoms with van der Waals surface area (Å²) in [4.78, 5) is 13.1. The van der Waals surface area contributed by atoms with Crippen LogP contribution in [0.3, 0.4) is 0 Å². The molecule has 0 radical (unpaired) electrons. The normalized spacial score (nSPS) is 15.0. The van der Waals surface area contributed by atoms with Crippen LogP contribution in [0.1, 0.15) is 41.6 Å². The van der Waals surface area contributed by atoms with Crippen molar-refractivity contribution in [3.63, 3.8) is 0 Å². The highest BCUT2D eigenvalue weighted by atomic mass is 32.2. The first-order chi connectivity index (χ1) is 16.0. The van der Waals surface area contributed by atoms with Crippen LogP contribution in [-0.4, -0.2) is 59.2 Å². The second-order valence-corrected chi connectivity index (χ2v) is 9.79. The SMILES string of the molecule is COCCOc1cccc(CNC(=O)c2cc(S(=O)(=O)N3CCCCCC3)ccc2OC)c1. The van der Waals surface area contributed by atoms with Gasteiger partial charge in [0.2, 0.25) is 10.0 Å². The molecule has 0 aromatic heterocycles. The van der Waals surface area contributed by atoms with Crippen LogP contribution in [0.15, 0.2) is 47.4 Å². The van der Waals surface area contributed by atoms with Gasteiger partial charge in [0.05, 0.1) is 24.2 Å². The number of hydrogen-bond acceptors (Lipinski definition) is 6. The molecule has 1 saturated heterocycles. The van der Waals surface area contributed by atoms with Crippen LogP contribution in [-0.2, 0) is 21.3 Å². The van der Waals surface area contributed by atoms with Crippen LogP contribution >= 0.6 is 0 Å². The van der Waals surface area contributed by atoms with Crippen LogP contribution in [0.2, 0.25) is 0 Å². The van der Waals surface area contributed by atoms with Crippen molar-refractivity contribution in [2.24, 2.45) is 0 Å². The molecule has 33 heavy (non-hydrogen) atoms. The zero-order valence-corrected chi connectivity index (χ0v) is 20.0. The number of methoxy groups -OCH3 is 2. The molecule has 1 N–H and O–H groups in total. The molecule has 0 atom stereocenters. The van der Waals surface area contributed by atoms with E-state index in [1.165, 1.54) is 29.6 Å². The molecule has 0 bridgehead atoms. The molecule has 2 aromatic carbocycles. The molecule has 0 spiro atoms. The quantitative estimate of drug-likeness (QED) is 0.529. The van der Waals surface area contributed by atoms with Crippen molar-refractivity contribution in [1.82, 2.24) is 9.62 Å². The number of carbonyl (C=O) groups is 1. The third kappa shape index (κ3) is 6.69. The molecular weight excluding hydrogens is 444 g/mol. The number of hydrogen-bond donors (Lipinski definition) is 1. The summed E-state index contributed by atoms with van der Waals surface area (Å²) in [5.41, 5.74) is 1.03. The number of benzene rings is 2. The summed E-state index contributed by atoms with van der Waals surface area (Å²) in [5.74, 6) is 0.589. The average Bonchev–Trinajstić information content (AvgIpc) is 3.13. The summed E-state index contributed by atoms with van der Waals surface area (Å²) in [7, 11) is -0.616. The first-order valence-electron chi connectivity index (χ1n) is 11.1. The van der Waals surface area contributed by atoms with Crippen LogP contribution in [0.25, 0.3) is 0 Å². The van der Waals surface area contributed by atoms with Crippen molar-refractivity contribution in [3.05, 3.63) is 53.6 Å². The van der Waals surface area contributed by atoms with Crippen LogP contribution in [0.4, 0.5) is 0 Å². The van der Waals surface area contributed by atoms with Crippen LogP contribution in [0, 0.1) is 0 Å². The standard InChI is InChI=1S/C24H32N2O6S/c1-30-14-15-32-20-9-7-8-19(16-20)18-25-24(27)22-17-21(10-11-23(22)31-2)33(28,29)26-12-5-3-4-6-13-26/h7-11,16-17H,3-6,12-15,18H2,1-2H3,(H,25,27). The van der Waals surface area contributed by atoms with Crippen molar-refractivity contribution in [1.29, 1.82) is 0 Å². The van der Waals surface area contributed by atoms with Gasteiger partial charge in [-0.15, -0.1) is 0 Å². The van der Waals surface area contributed by atoms with Crippen molar-refractivity contribution < 1.29 is 27.4 Å². The lowest BCUT2D eigenvalue weighted by Crippen LogP contribution is -2.32. The van der Waals surface area contributed by atoms with E-state index in [-0.39, 0.29) is 17.0 Å². The Kier molecular flexibility index (Phi) is 9.11. The van der Waals surface area contributed by atoms with E-state index in [0.717, 1.165) is 31.2 Å². The molecule has 0 unspecified atom stereocenters. The third-order valence-corrected chi connectivity index (χ3v) is 7.42. The predicted molar refractivity (Wildman–Crippen MR) is 125 cm³/mol. The number of nitrogens with zero attached hydrogens (tertiary/aromatic N) is 1. The van der Waals surface area contributed by atoms with Gasteiger partial charge in [-0.2, -0.15) is 4.31 Å². The number of sulfonamides is 1. The molecule has 1 aliphatic heterocycles. The van der Waals surface area contributed by atoms with Gasteiger partial charge in [0.15, 0.2) is 0 Å². The largest absolute Gasteiger partial charge is 0.496 e. The average molecular weight is 477 g/mol. The number of amides is 1. The summed E-state index contributed by atoms with van der Waals surface area (Å²) >= 11 is 0. The van der Waals surface area contributed by atoms with E-state index in [9.17, 15) is 13.2 Å². The van der Waals surface area contributed by atoms with Crippen molar-refractivity contribution in [3.8, 4) is 11.5 Å². The minimum atomic E-state index is -3.68. The molecule has 1 aliphatic rings. The van der Waals surface area contributed by atoms with E-state index in [2.05, 4.69) is 5.32 Å². The molecule has 2 aromatic rings. The van der Waals surface area contributed by atoms with Gasteiger partial charge in [-0.05, 0) is 48.7 Å². The smallest absolute Gasteiger partial charge is 0.255 e. The zero-order valence-electron chi connectivity index (χ0n) is 19.2. The molecule has 3 rings (SSSR count). The Morgan fingerprint density at radius 2 is 1.76 bits per heavy atom. The molecule has 8 nitrogen and oxygen atoms in total. The van der Waals surface area contributed by atoms with Gasteiger partial charge in [0.1, 0.15) is 18.1 Å². The maximum atomic E-state index is 13.2. The van der Waals surface area contributed by atoms with Crippen molar-refractivity contribution in [2.45, 2.75) is 37.1 Å². The fourth-order valence-corrected chi connectivity index (χ4v) is 5.27. The molecule has 1 heterocycles. The summed E-state index contributed by atoms with van der Waals surface area (Å²) in [6.07, 6.45) is 3.75. The van der Waals surface area contributed by atoms with E-state index in [4.69, 9.17) is 14.2 Å². The van der Waals surface area contributed by atoms with Crippen LogP contribution in [0.5, 0.6) is 11.5 Å². The van der Waals surface area contributed by atoms with Gasteiger partial charge in [0.25, 0.3) is 5.91 Å². The fraction of sp³-hybridized carbons (Fsp3) is 0.458. The van der Waals surface area contributed by atoms with E-state index < -0.39 is 15.9 Å². The number of rotatable bonds is 10. The van der Waals surface area contributed by atoms with E-state index >= 15 is 0 Å². The molecule has 0 saturated carbocycles. The second kappa shape index (κ2) is 12.0. The summed E-state index contributed by atoms with van der Waals surface area (Å²) < 4.78 is 43.8. The lowest BCUT2D eigenvalue weighted by molar-refractivity contribution is 0.0947. The summed E-state index contributed by atoms with van der Waals surface area (Å²) in [6.45, 7) is 2.17. The molecule has 180 valence electrons. The van der Waals surface area contributed by atoms with E-state index in [1.54, 1.807) is 7.11 Å². The minimum absolute atomic E-state index is 0.101. The number of carbonyl (C=O) groups excluding carboxylic acids is 1. The predicted octanol–water partition coefficient (Wildman–Crippen LogP) is 3.22. The number of nitrogens with one attached hydrogen (secondary N) is 1. The highest BCUT2D eigenvalue weighted by Gasteiger charge is 2.27. The van der Waals surface area contributed by atoms with E-state index in [0.29, 0.717) is 37.8 Å². The van der Waals surface area contributed by atoms with Gasteiger partial charge in [-0.3, -0.25) is 4.79 Å². The molecule has 9 heteroatoms. The van der Waals surface area contributed by atoms with E-state index in [1.807, 2.05) is 24.3 Å². The third-order valence-electron chi connectivity index (χ3n) is 5.53. The lowest BCUT2D eigenvalue weighted by Gasteiger charge is -2.20. The second-order valence-electron chi connectivity index (χ2n) is 7.85. The zero-order chi connectivity index (χ0) is 23.7. The molecular formula is C24H32N2O6S. The van der Waals surface area contributed by atoms with Crippen molar-refractivity contribution >= 4 is 15.9 Å².